The molecule has 1 unspecified atom stereocenters. The van der Waals surface area contributed by atoms with Gasteiger partial charge < -0.3 is 14.9 Å². The van der Waals surface area contributed by atoms with Gasteiger partial charge in [0.15, 0.2) is 0 Å². The first kappa shape index (κ1) is 18.9. The number of rotatable bonds is 9. The average Bonchev–Trinajstić information content (AvgIpc) is 3.06. The summed E-state index contributed by atoms with van der Waals surface area (Å²) in [5.74, 6) is -0.640. The molecular formula is C17H20ClN3O4. The van der Waals surface area contributed by atoms with Gasteiger partial charge in [0, 0.05) is 23.4 Å². The van der Waals surface area contributed by atoms with Crippen LogP contribution in [0.15, 0.2) is 28.8 Å². The number of carbonyl (C=O) groups is 2. The summed E-state index contributed by atoms with van der Waals surface area (Å²) in [4.78, 5) is 27.3. The predicted molar refractivity (Wildman–Crippen MR) is 92.2 cm³/mol. The third-order valence-electron chi connectivity index (χ3n) is 3.62. The van der Waals surface area contributed by atoms with Gasteiger partial charge >= 0.3 is 5.97 Å². The summed E-state index contributed by atoms with van der Waals surface area (Å²) >= 11 is 5.83. The highest BCUT2D eigenvalue weighted by Crippen LogP contribution is 2.19. The Morgan fingerprint density at radius 3 is 2.68 bits per heavy atom. The lowest BCUT2D eigenvalue weighted by atomic mass is 10.1. The van der Waals surface area contributed by atoms with Gasteiger partial charge in [0.1, 0.15) is 6.04 Å². The fourth-order valence-electron chi connectivity index (χ4n) is 2.23. The Morgan fingerprint density at radius 2 is 2.04 bits per heavy atom. The zero-order chi connectivity index (χ0) is 18.2. The molecule has 7 nitrogen and oxygen atoms in total. The number of hydrogen-bond donors (Lipinski definition) is 2. The van der Waals surface area contributed by atoms with Crippen molar-refractivity contribution < 1.29 is 19.2 Å². The molecule has 1 aromatic carbocycles. The first-order valence-electron chi connectivity index (χ1n) is 8.10. The van der Waals surface area contributed by atoms with E-state index in [0.717, 1.165) is 18.4 Å². The van der Waals surface area contributed by atoms with Crippen molar-refractivity contribution in [2.75, 3.05) is 0 Å². The number of aromatic nitrogens is 2. The molecule has 25 heavy (non-hydrogen) atoms. The van der Waals surface area contributed by atoms with Gasteiger partial charge in [0.25, 0.3) is 0 Å². The summed E-state index contributed by atoms with van der Waals surface area (Å²) in [7, 11) is 0. The molecule has 8 heteroatoms. The van der Waals surface area contributed by atoms with E-state index in [1.54, 1.807) is 24.3 Å². The number of carbonyl (C=O) groups excluding carboxylic acids is 1. The average molecular weight is 366 g/mol. The van der Waals surface area contributed by atoms with Crippen molar-refractivity contribution in [1.82, 2.24) is 15.5 Å². The largest absolute Gasteiger partial charge is 0.480 e. The van der Waals surface area contributed by atoms with Crippen LogP contribution in [0.2, 0.25) is 5.02 Å². The summed E-state index contributed by atoms with van der Waals surface area (Å²) in [6.45, 7) is 1.97. The highest BCUT2D eigenvalue weighted by atomic mass is 35.5. The Labute approximate surface area is 150 Å². The molecule has 0 aliphatic heterocycles. The van der Waals surface area contributed by atoms with E-state index in [9.17, 15) is 9.59 Å². The molecule has 0 aliphatic rings. The molecule has 134 valence electrons. The molecule has 2 aromatic rings. The Hall–Kier alpha value is -2.41. The van der Waals surface area contributed by atoms with Crippen LogP contribution in [-0.4, -0.2) is 33.2 Å². The highest BCUT2D eigenvalue weighted by molar-refractivity contribution is 6.30. The topological polar surface area (TPSA) is 105 Å². The molecule has 2 N–H and O–H groups in total. The minimum absolute atomic E-state index is 0.0815. The summed E-state index contributed by atoms with van der Waals surface area (Å²) in [6.07, 6.45) is 2.35. The van der Waals surface area contributed by atoms with Crippen LogP contribution in [0.3, 0.4) is 0 Å². The number of carboxylic acid groups (broad SMARTS) is 1. The Morgan fingerprint density at radius 1 is 1.32 bits per heavy atom. The number of halogens is 1. The van der Waals surface area contributed by atoms with Crippen molar-refractivity contribution in [3.63, 3.8) is 0 Å². The van der Waals surface area contributed by atoms with Crippen molar-refractivity contribution in [2.45, 2.75) is 45.1 Å². The van der Waals surface area contributed by atoms with Crippen molar-refractivity contribution >= 4 is 23.5 Å². The minimum Gasteiger partial charge on any atom is -0.480 e. The molecule has 0 bridgehead atoms. The number of nitrogens with zero attached hydrogens (tertiary/aromatic N) is 2. The lowest BCUT2D eigenvalue weighted by Gasteiger charge is -2.13. The van der Waals surface area contributed by atoms with Crippen molar-refractivity contribution in [1.29, 1.82) is 0 Å². The van der Waals surface area contributed by atoms with E-state index in [1.807, 2.05) is 6.92 Å². The molecular weight excluding hydrogens is 346 g/mol. The second-order valence-corrected chi connectivity index (χ2v) is 6.06. The normalized spacial score (nSPS) is 11.9. The van der Waals surface area contributed by atoms with Crippen molar-refractivity contribution in [2.24, 2.45) is 0 Å². The fraction of sp³-hybridized carbons (Fsp3) is 0.412. The minimum atomic E-state index is -1.02. The maximum Gasteiger partial charge on any atom is 0.326 e. The Bertz CT molecular complexity index is 715. The molecule has 0 aliphatic carbocycles. The van der Waals surface area contributed by atoms with Crippen LogP contribution in [0.4, 0.5) is 0 Å². The van der Waals surface area contributed by atoms with Crippen molar-refractivity contribution in [3.05, 3.63) is 35.2 Å². The van der Waals surface area contributed by atoms with Crippen LogP contribution in [0, 0.1) is 0 Å². The van der Waals surface area contributed by atoms with Gasteiger partial charge in [-0.1, -0.05) is 36.5 Å². The van der Waals surface area contributed by atoms with E-state index in [0.29, 0.717) is 23.2 Å². The SMILES string of the molecule is CCCCC(NC(=O)CCc1nc(-c2ccc(Cl)cc2)no1)C(=O)O. The van der Waals surface area contributed by atoms with E-state index < -0.39 is 12.0 Å². The van der Waals surface area contributed by atoms with Crippen LogP contribution in [0.25, 0.3) is 11.4 Å². The number of carboxylic acids is 1. The zero-order valence-corrected chi connectivity index (χ0v) is 14.6. The predicted octanol–water partition coefficient (Wildman–Crippen LogP) is 3.08. The quantitative estimate of drug-likeness (QED) is 0.707. The van der Waals surface area contributed by atoms with E-state index in [-0.39, 0.29) is 18.7 Å². The molecule has 1 aromatic heterocycles. The van der Waals surface area contributed by atoms with Crippen LogP contribution in [-0.2, 0) is 16.0 Å². The maximum absolute atomic E-state index is 11.9. The first-order valence-corrected chi connectivity index (χ1v) is 8.48. The standard InChI is InChI=1S/C17H20ClN3O4/c1-2-3-4-13(17(23)24)19-14(22)9-10-15-20-16(21-25-15)11-5-7-12(18)8-6-11/h5-8,13H,2-4,9-10H2,1H3,(H,19,22)(H,23,24). The molecule has 1 heterocycles. The van der Waals surface area contributed by atoms with Gasteiger partial charge in [-0.2, -0.15) is 4.98 Å². The van der Waals surface area contributed by atoms with E-state index in [4.69, 9.17) is 21.2 Å². The molecule has 2 rings (SSSR count). The van der Waals surface area contributed by atoms with Crippen LogP contribution < -0.4 is 5.32 Å². The smallest absolute Gasteiger partial charge is 0.326 e. The van der Waals surface area contributed by atoms with Crippen LogP contribution in [0.1, 0.15) is 38.5 Å². The third-order valence-corrected chi connectivity index (χ3v) is 3.87. The molecule has 0 saturated carbocycles. The van der Waals surface area contributed by atoms with Gasteiger partial charge in [0.05, 0.1) is 0 Å². The Balaban J connectivity index is 1.87. The van der Waals surface area contributed by atoms with Gasteiger partial charge in [-0.05, 0) is 30.7 Å². The third kappa shape index (κ3) is 5.86. The molecule has 0 spiro atoms. The van der Waals surface area contributed by atoms with E-state index in [1.165, 1.54) is 0 Å². The number of hydrogen-bond acceptors (Lipinski definition) is 5. The monoisotopic (exact) mass is 365 g/mol. The number of unbranched alkanes of at least 4 members (excludes halogenated alkanes) is 1. The zero-order valence-electron chi connectivity index (χ0n) is 13.9. The molecule has 0 radical (unpaired) electrons. The molecule has 0 fully saturated rings. The van der Waals surface area contributed by atoms with Crippen LogP contribution >= 0.6 is 11.6 Å². The van der Waals surface area contributed by atoms with E-state index >= 15 is 0 Å². The molecule has 0 saturated heterocycles. The highest BCUT2D eigenvalue weighted by Gasteiger charge is 2.19. The maximum atomic E-state index is 11.9. The number of aryl methyl sites for hydroxylation is 1. The van der Waals surface area contributed by atoms with E-state index in [2.05, 4.69) is 15.5 Å². The summed E-state index contributed by atoms with van der Waals surface area (Å²) in [6, 6.07) is 6.13. The van der Waals surface area contributed by atoms with Gasteiger partial charge in [-0.3, -0.25) is 4.79 Å². The van der Waals surface area contributed by atoms with Crippen LogP contribution in [0.5, 0.6) is 0 Å². The summed E-state index contributed by atoms with van der Waals surface area (Å²) < 4.78 is 5.13. The van der Waals surface area contributed by atoms with Crippen molar-refractivity contribution in [3.8, 4) is 11.4 Å². The second-order valence-electron chi connectivity index (χ2n) is 5.62. The summed E-state index contributed by atoms with van der Waals surface area (Å²) in [5.41, 5.74) is 0.759. The summed E-state index contributed by atoms with van der Waals surface area (Å²) in [5, 5.41) is 16.1. The molecule has 1 amide bonds. The Kier molecular flexibility index (Phi) is 6.94. The lowest BCUT2D eigenvalue weighted by molar-refractivity contribution is -0.142. The number of amides is 1. The number of aliphatic carboxylic acids is 1. The van der Waals surface area contributed by atoms with Gasteiger partial charge in [-0.25, -0.2) is 4.79 Å². The van der Waals surface area contributed by atoms with Gasteiger partial charge in [-0.15, -0.1) is 0 Å². The lowest BCUT2D eigenvalue weighted by Crippen LogP contribution is -2.40. The second kappa shape index (κ2) is 9.17. The fourth-order valence-corrected chi connectivity index (χ4v) is 2.35. The number of nitrogens with one attached hydrogen (secondary N) is 1. The van der Waals surface area contributed by atoms with Gasteiger partial charge in [0.2, 0.25) is 17.6 Å². The first-order chi connectivity index (χ1) is 12.0. The molecule has 1 atom stereocenters. The number of benzene rings is 1.